The molecule has 2 atom stereocenters. The van der Waals surface area contributed by atoms with Crippen LogP contribution in [0.3, 0.4) is 0 Å². The van der Waals surface area contributed by atoms with E-state index in [0.29, 0.717) is 0 Å². The maximum atomic E-state index is 11.8. The van der Waals surface area contributed by atoms with Crippen LogP contribution in [0.5, 0.6) is 0 Å². The summed E-state index contributed by atoms with van der Waals surface area (Å²) in [6.07, 6.45) is -4.18. The molecule has 0 spiro atoms. The molecule has 1 fully saturated rings. The van der Waals surface area contributed by atoms with Crippen molar-refractivity contribution in [1.82, 2.24) is 0 Å². The summed E-state index contributed by atoms with van der Waals surface area (Å²) in [6.45, 7) is 0. The Morgan fingerprint density at radius 1 is 1.42 bits per heavy atom. The van der Waals surface area contributed by atoms with Crippen molar-refractivity contribution in [3.63, 3.8) is 0 Å². The normalized spacial score (nSPS) is 34.3. The highest BCUT2D eigenvalue weighted by Crippen LogP contribution is 2.24. The minimum atomic E-state index is -3.27. The molecule has 1 saturated heterocycles. The Bertz CT molecular complexity index is 250. The fourth-order valence-electron chi connectivity index (χ4n) is 1.36. The molecule has 0 bridgehead atoms. The van der Waals surface area contributed by atoms with Gasteiger partial charge >= 0.3 is 0 Å². The third-order valence-corrected chi connectivity index (χ3v) is 3.70. The van der Waals surface area contributed by atoms with E-state index in [9.17, 15) is 17.2 Å². The molecule has 1 heterocycles. The number of aliphatic hydroxyl groups is 1. The van der Waals surface area contributed by atoms with E-state index in [-0.39, 0.29) is 11.5 Å². The van der Waals surface area contributed by atoms with E-state index >= 15 is 0 Å². The van der Waals surface area contributed by atoms with Gasteiger partial charge in [0.15, 0.2) is 9.84 Å². The zero-order valence-electron chi connectivity index (χ0n) is 6.28. The molecule has 0 aliphatic carbocycles. The predicted molar refractivity (Wildman–Crippen MR) is 38.8 cm³/mol. The van der Waals surface area contributed by atoms with Gasteiger partial charge in [0.1, 0.15) is 0 Å². The van der Waals surface area contributed by atoms with Gasteiger partial charge in [0.05, 0.1) is 17.6 Å². The first-order valence-electron chi connectivity index (χ1n) is 3.57. The van der Waals surface area contributed by atoms with Crippen molar-refractivity contribution in [2.75, 3.05) is 11.5 Å². The van der Waals surface area contributed by atoms with Crippen molar-refractivity contribution < 1.29 is 22.3 Å². The van der Waals surface area contributed by atoms with Crippen molar-refractivity contribution in [3.8, 4) is 0 Å². The summed E-state index contributed by atoms with van der Waals surface area (Å²) in [5.74, 6) is -1.46. The smallest absolute Gasteiger partial charge is 0.239 e. The molecule has 0 saturated carbocycles. The summed E-state index contributed by atoms with van der Waals surface area (Å²) in [5.41, 5.74) is 0. The van der Waals surface area contributed by atoms with Crippen molar-refractivity contribution >= 4 is 9.84 Å². The quantitative estimate of drug-likeness (QED) is 0.685. The number of rotatable bonds is 2. The number of alkyl halides is 2. The fourth-order valence-corrected chi connectivity index (χ4v) is 3.29. The zero-order chi connectivity index (χ0) is 9.35. The molecule has 1 N–H and O–H groups in total. The number of hydrogen-bond donors (Lipinski definition) is 1. The Kier molecular flexibility index (Phi) is 2.67. The lowest BCUT2D eigenvalue weighted by molar-refractivity contribution is 0.0725. The average molecular weight is 200 g/mol. The van der Waals surface area contributed by atoms with E-state index in [2.05, 4.69) is 0 Å². The Labute approximate surface area is 69.3 Å². The van der Waals surface area contributed by atoms with Gasteiger partial charge in [-0.15, -0.1) is 0 Å². The molecule has 0 amide bonds. The minimum Gasteiger partial charge on any atom is -0.392 e. The molecule has 72 valence electrons. The molecule has 2 unspecified atom stereocenters. The molecule has 12 heavy (non-hydrogen) atoms. The van der Waals surface area contributed by atoms with Crippen LogP contribution in [0.2, 0.25) is 0 Å². The molecule has 0 radical (unpaired) electrons. The second-order valence-corrected chi connectivity index (χ2v) is 5.18. The lowest BCUT2D eigenvalue weighted by Crippen LogP contribution is -2.19. The Hall–Kier alpha value is -0.230. The van der Waals surface area contributed by atoms with Gasteiger partial charge in [-0.3, -0.25) is 0 Å². The van der Waals surface area contributed by atoms with Gasteiger partial charge in [-0.1, -0.05) is 0 Å². The van der Waals surface area contributed by atoms with Crippen molar-refractivity contribution in [2.24, 2.45) is 5.92 Å². The molecule has 0 aromatic carbocycles. The number of sulfone groups is 1. The topological polar surface area (TPSA) is 54.4 Å². The van der Waals surface area contributed by atoms with Gasteiger partial charge < -0.3 is 5.11 Å². The molecule has 0 aromatic rings. The van der Waals surface area contributed by atoms with Crippen LogP contribution >= 0.6 is 0 Å². The maximum absolute atomic E-state index is 11.8. The third kappa shape index (κ3) is 2.38. The molecule has 1 aliphatic heterocycles. The van der Waals surface area contributed by atoms with E-state index in [1.54, 1.807) is 0 Å². The predicted octanol–water partition coefficient (Wildman–Crippen LogP) is 0.0471. The van der Waals surface area contributed by atoms with Crippen LogP contribution in [0.4, 0.5) is 8.78 Å². The van der Waals surface area contributed by atoms with Gasteiger partial charge in [0, 0.05) is 12.3 Å². The standard InChI is InChI=1S/C6H10F2O3S/c7-6(8)1-4-2-12(10,11)3-5(4)9/h4-6,9H,1-3H2. The van der Waals surface area contributed by atoms with Crippen LogP contribution < -0.4 is 0 Å². The molecule has 3 nitrogen and oxygen atoms in total. The van der Waals surface area contributed by atoms with Crippen LogP contribution in [0.15, 0.2) is 0 Å². The highest BCUT2D eigenvalue weighted by molar-refractivity contribution is 7.91. The van der Waals surface area contributed by atoms with Gasteiger partial charge in [-0.05, 0) is 0 Å². The van der Waals surface area contributed by atoms with E-state index in [1.165, 1.54) is 0 Å². The zero-order valence-corrected chi connectivity index (χ0v) is 7.10. The summed E-state index contributed by atoms with van der Waals surface area (Å²) in [5, 5.41) is 9.06. The summed E-state index contributed by atoms with van der Waals surface area (Å²) < 4.78 is 45.3. The summed E-state index contributed by atoms with van der Waals surface area (Å²) in [4.78, 5) is 0. The van der Waals surface area contributed by atoms with E-state index < -0.39 is 34.7 Å². The SMILES string of the molecule is O=S1(=O)CC(O)C(CC(F)F)C1. The summed E-state index contributed by atoms with van der Waals surface area (Å²) >= 11 is 0. The fraction of sp³-hybridized carbons (Fsp3) is 1.00. The van der Waals surface area contributed by atoms with Gasteiger partial charge in [-0.2, -0.15) is 0 Å². The van der Waals surface area contributed by atoms with E-state index in [4.69, 9.17) is 5.11 Å². The van der Waals surface area contributed by atoms with Gasteiger partial charge in [-0.25, -0.2) is 17.2 Å². The van der Waals surface area contributed by atoms with Crippen LogP contribution in [0.25, 0.3) is 0 Å². The first-order chi connectivity index (χ1) is 5.41. The summed E-state index contributed by atoms with van der Waals surface area (Å²) in [7, 11) is -3.27. The highest BCUT2D eigenvalue weighted by Gasteiger charge is 2.37. The molecule has 0 aromatic heterocycles. The van der Waals surface area contributed by atoms with E-state index in [0.717, 1.165) is 0 Å². The third-order valence-electron chi connectivity index (χ3n) is 1.92. The van der Waals surface area contributed by atoms with Gasteiger partial charge in [0.2, 0.25) is 6.43 Å². The van der Waals surface area contributed by atoms with E-state index in [1.807, 2.05) is 0 Å². The van der Waals surface area contributed by atoms with Gasteiger partial charge in [0.25, 0.3) is 0 Å². The van der Waals surface area contributed by atoms with Crippen LogP contribution in [0.1, 0.15) is 6.42 Å². The lowest BCUT2D eigenvalue weighted by Gasteiger charge is -2.10. The minimum absolute atomic E-state index is 0.307. The van der Waals surface area contributed by atoms with Crippen molar-refractivity contribution in [3.05, 3.63) is 0 Å². The highest BCUT2D eigenvalue weighted by atomic mass is 32.2. The molecular formula is C6H10F2O3S. The first kappa shape index (κ1) is 9.85. The van der Waals surface area contributed by atoms with Crippen LogP contribution in [0, 0.1) is 5.92 Å². The Balaban J connectivity index is 2.58. The van der Waals surface area contributed by atoms with Crippen LogP contribution in [-0.2, 0) is 9.84 Å². The average Bonchev–Trinajstić information content (AvgIpc) is 2.03. The largest absolute Gasteiger partial charge is 0.392 e. The summed E-state index contributed by atoms with van der Waals surface area (Å²) in [6, 6.07) is 0. The molecule has 1 rings (SSSR count). The Morgan fingerprint density at radius 2 is 2.00 bits per heavy atom. The molecule has 6 heteroatoms. The maximum Gasteiger partial charge on any atom is 0.239 e. The number of hydrogen-bond acceptors (Lipinski definition) is 3. The first-order valence-corrected chi connectivity index (χ1v) is 5.39. The molecular weight excluding hydrogens is 190 g/mol. The molecule has 1 aliphatic rings. The number of halogens is 2. The second-order valence-electron chi connectivity index (χ2n) is 3.03. The Morgan fingerprint density at radius 3 is 2.33 bits per heavy atom. The lowest BCUT2D eigenvalue weighted by atomic mass is 10.0. The monoisotopic (exact) mass is 200 g/mol. The van der Waals surface area contributed by atoms with Crippen molar-refractivity contribution in [1.29, 1.82) is 0 Å². The van der Waals surface area contributed by atoms with Crippen molar-refractivity contribution in [2.45, 2.75) is 19.0 Å². The second kappa shape index (κ2) is 3.26. The number of aliphatic hydroxyl groups excluding tert-OH is 1. The van der Waals surface area contributed by atoms with Crippen LogP contribution in [-0.4, -0.2) is 37.6 Å².